The topological polar surface area (TPSA) is 60.7 Å². The predicted molar refractivity (Wildman–Crippen MR) is 102 cm³/mol. The third kappa shape index (κ3) is 4.31. The van der Waals surface area contributed by atoms with Crippen LogP contribution < -0.4 is 9.47 Å². The number of alkyl halides is 3. The molecule has 0 aliphatic rings. The Kier molecular flexibility index (Phi) is 5.46. The zero-order chi connectivity index (χ0) is 21.3. The predicted octanol–water partition coefficient (Wildman–Crippen LogP) is 5.39. The number of carbonyl (C=O) groups is 1. The highest BCUT2D eigenvalue weighted by molar-refractivity contribution is 5.88. The molecule has 0 aliphatic heterocycles. The number of fused-ring (bicyclic) bond motifs is 1. The van der Waals surface area contributed by atoms with Crippen molar-refractivity contribution in [2.45, 2.75) is 39.7 Å². The maximum atomic E-state index is 12.6. The maximum absolute atomic E-state index is 12.6. The van der Waals surface area contributed by atoms with Crippen LogP contribution in [0.25, 0.3) is 16.6 Å². The Hall–Kier alpha value is -3.16. The van der Waals surface area contributed by atoms with Crippen LogP contribution in [0, 0.1) is 13.8 Å². The van der Waals surface area contributed by atoms with Crippen LogP contribution in [0.5, 0.6) is 11.5 Å². The van der Waals surface area contributed by atoms with Crippen molar-refractivity contribution in [2.75, 3.05) is 0 Å². The zero-order valence-electron chi connectivity index (χ0n) is 16.1. The molecule has 1 N–H and O–H groups in total. The van der Waals surface area contributed by atoms with E-state index in [1.54, 1.807) is 41.8 Å². The van der Waals surface area contributed by atoms with Gasteiger partial charge in [0.15, 0.2) is 6.10 Å². The Morgan fingerprint density at radius 3 is 2.48 bits per heavy atom. The number of hydrogen-bond acceptors (Lipinski definition) is 3. The highest BCUT2D eigenvalue weighted by Crippen LogP contribution is 2.34. The van der Waals surface area contributed by atoms with Gasteiger partial charge in [0.25, 0.3) is 0 Å². The number of carboxylic acid groups (broad SMARTS) is 1. The number of rotatable bonds is 6. The normalized spacial score (nSPS) is 12.8. The molecule has 5 nitrogen and oxygen atoms in total. The summed E-state index contributed by atoms with van der Waals surface area (Å²) in [5, 5.41) is 9.99. The lowest BCUT2D eigenvalue weighted by Crippen LogP contribution is -2.25. The van der Waals surface area contributed by atoms with Gasteiger partial charge >= 0.3 is 12.3 Å². The average Bonchev–Trinajstić information content (AvgIpc) is 2.88. The summed E-state index contributed by atoms with van der Waals surface area (Å²) in [5.41, 5.74) is 2.94. The third-order valence-electron chi connectivity index (χ3n) is 4.73. The standard InChI is InChI=1S/C21H20F3NO4/c1-4-19(20(26)27)28-15-7-5-6-14(10-15)25-13(3)12(2)17-9-8-16(11-18(17)25)29-21(22,23)24/h5-11,19H,4H2,1-3H3,(H,26,27)/t19-/m1/s1. The highest BCUT2D eigenvalue weighted by Gasteiger charge is 2.31. The van der Waals surface area contributed by atoms with Gasteiger partial charge in [-0.2, -0.15) is 0 Å². The van der Waals surface area contributed by atoms with Crippen LogP contribution in [-0.2, 0) is 4.79 Å². The van der Waals surface area contributed by atoms with Crippen molar-refractivity contribution in [1.82, 2.24) is 4.57 Å². The monoisotopic (exact) mass is 407 g/mol. The second-order valence-electron chi connectivity index (χ2n) is 6.62. The van der Waals surface area contributed by atoms with E-state index in [9.17, 15) is 23.1 Å². The molecule has 0 bridgehead atoms. The molecule has 0 aliphatic carbocycles. The van der Waals surface area contributed by atoms with Crippen molar-refractivity contribution >= 4 is 16.9 Å². The van der Waals surface area contributed by atoms with Gasteiger partial charge in [0.2, 0.25) is 0 Å². The fourth-order valence-electron chi connectivity index (χ4n) is 3.26. The molecule has 0 unspecified atom stereocenters. The Bertz CT molecular complexity index is 1060. The van der Waals surface area contributed by atoms with Gasteiger partial charge in [-0.05, 0) is 50.1 Å². The van der Waals surface area contributed by atoms with Gasteiger partial charge in [0.05, 0.1) is 5.52 Å². The number of hydrogen-bond donors (Lipinski definition) is 1. The Balaban J connectivity index is 2.09. The number of aryl methyl sites for hydroxylation is 1. The number of carboxylic acids is 1. The second-order valence-corrected chi connectivity index (χ2v) is 6.62. The van der Waals surface area contributed by atoms with Crippen LogP contribution in [0.4, 0.5) is 13.2 Å². The Morgan fingerprint density at radius 2 is 1.86 bits per heavy atom. The molecule has 154 valence electrons. The molecule has 8 heteroatoms. The van der Waals surface area contributed by atoms with E-state index in [4.69, 9.17) is 4.74 Å². The zero-order valence-corrected chi connectivity index (χ0v) is 16.1. The largest absolute Gasteiger partial charge is 0.573 e. The summed E-state index contributed by atoms with van der Waals surface area (Å²) in [7, 11) is 0. The van der Waals surface area contributed by atoms with E-state index in [1.807, 2.05) is 13.8 Å². The maximum Gasteiger partial charge on any atom is 0.573 e. The summed E-state index contributed by atoms with van der Waals surface area (Å²) >= 11 is 0. The summed E-state index contributed by atoms with van der Waals surface area (Å²) < 4.78 is 49.3. The number of benzene rings is 2. The van der Waals surface area contributed by atoms with Gasteiger partial charge in [-0.15, -0.1) is 13.2 Å². The molecule has 0 fully saturated rings. The molecule has 0 spiro atoms. The lowest BCUT2D eigenvalue weighted by atomic mass is 10.1. The van der Waals surface area contributed by atoms with E-state index < -0.39 is 18.4 Å². The van der Waals surface area contributed by atoms with Crippen molar-refractivity contribution in [3.63, 3.8) is 0 Å². The first kappa shape index (κ1) is 20.6. The van der Waals surface area contributed by atoms with Crippen LogP contribution in [0.1, 0.15) is 24.6 Å². The second kappa shape index (κ2) is 7.69. The number of aliphatic carboxylic acids is 1. The van der Waals surface area contributed by atoms with Gasteiger partial charge in [0, 0.05) is 28.9 Å². The molecule has 0 amide bonds. The molecule has 3 rings (SSSR count). The Labute approximate surface area is 165 Å². The van der Waals surface area contributed by atoms with Crippen LogP contribution in [0.3, 0.4) is 0 Å². The molecular formula is C21H20F3NO4. The highest BCUT2D eigenvalue weighted by atomic mass is 19.4. The average molecular weight is 407 g/mol. The lowest BCUT2D eigenvalue weighted by Gasteiger charge is -2.15. The molecule has 0 saturated heterocycles. The molecule has 1 aromatic heterocycles. The smallest absolute Gasteiger partial charge is 0.479 e. The van der Waals surface area contributed by atoms with E-state index in [0.717, 1.165) is 16.6 Å². The molecular weight excluding hydrogens is 387 g/mol. The van der Waals surface area contributed by atoms with Gasteiger partial charge in [-0.25, -0.2) is 4.79 Å². The first-order chi connectivity index (χ1) is 13.6. The number of ether oxygens (including phenoxy) is 2. The minimum atomic E-state index is -4.78. The van der Waals surface area contributed by atoms with Gasteiger partial charge < -0.3 is 19.1 Å². The Morgan fingerprint density at radius 1 is 1.14 bits per heavy atom. The SMILES string of the molecule is CC[C@@H](Oc1cccc(-n2c(C)c(C)c3ccc(OC(F)(F)F)cc32)c1)C(=O)O. The summed E-state index contributed by atoms with van der Waals surface area (Å²) in [5.74, 6) is -1.02. The first-order valence-corrected chi connectivity index (χ1v) is 8.98. The van der Waals surface area contributed by atoms with Gasteiger partial charge in [0.1, 0.15) is 11.5 Å². The third-order valence-corrected chi connectivity index (χ3v) is 4.73. The molecule has 0 saturated carbocycles. The quantitative estimate of drug-likeness (QED) is 0.595. The molecule has 0 radical (unpaired) electrons. The minimum absolute atomic E-state index is 0.294. The lowest BCUT2D eigenvalue weighted by molar-refractivity contribution is -0.274. The van der Waals surface area contributed by atoms with Crippen molar-refractivity contribution in [2.24, 2.45) is 0 Å². The number of aromatic nitrogens is 1. The van der Waals surface area contributed by atoms with E-state index in [1.165, 1.54) is 12.1 Å². The van der Waals surface area contributed by atoms with E-state index in [0.29, 0.717) is 23.4 Å². The van der Waals surface area contributed by atoms with Crippen molar-refractivity contribution in [1.29, 1.82) is 0 Å². The number of halogens is 3. The van der Waals surface area contributed by atoms with Crippen molar-refractivity contribution in [3.8, 4) is 17.2 Å². The van der Waals surface area contributed by atoms with Crippen LogP contribution in [0.15, 0.2) is 42.5 Å². The molecule has 3 aromatic rings. The van der Waals surface area contributed by atoms with Crippen molar-refractivity contribution < 1.29 is 32.5 Å². The first-order valence-electron chi connectivity index (χ1n) is 8.98. The number of nitrogens with zero attached hydrogens (tertiary/aromatic N) is 1. The molecule has 2 aromatic carbocycles. The summed E-state index contributed by atoms with van der Waals surface area (Å²) in [6.45, 7) is 5.45. The van der Waals surface area contributed by atoms with E-state index in [2.05, 4.69) is 4.74 Å². The summed E-state index contributed by atoms with van der Waals surface area (Å²) in [4.78, 5) is 11.2. The minimum Gasteiger partial charge on any atom is -0.479 e. The summed E-state index contributed by atoms with van der Waals surface area (Å²) in [6, 6.07) is 11.0. The fraction of sp³-hybridized carbons (Fsp3) is 0.286. The van der Waals surface area contributed by atoms with Crippen molar-refractivity contribution in [3.05, 3.63) is 53.7 Å². The summed E-state index contributed by atoms with van der Waals surface area (Å²) in [6.07, 6.45) is -5.47. The van der Waals surface area contributed by atoms with Gasteiger partial charge in [-0.1, -0.05) is 13.0 Å². The van der Waals surface area contributed by atoms with E-state index >= 15 is 0 Å². The van der Waals surface area contributed by atoms with Crippen LogP contribution >= 0.6 is 0 Å². The molecule has 1 atom stereocenters. The molecule has 1 heterocycles. The van der Waals surface area contributed by atoms with E-state index in [-0.39, 0.29) is 5.75 Å². The van der Waals surface area contributed by atoms with Crippen LogP contribution in [-0.4, -0.2) is 28.1 Å². The van der Waals surface area contributed by atoms with Crippen LogP contribution in [0.2, 0.25) is 0 Å². The molecule has 29 heavy (non-hydrogen) atoms. The fourth-order valence-corrected chi connectivity index (χ4v) is 3.26. The van der Waals surface area contributed by atoms with Gasteiger partial charge in [-0.3, -0.25) is 0 Å².